The summed E-state index contributed by atoms with van der Waals surface area (Å²) in [6, 6.07) is 18.6. The maximum absolute atomic E-state index is 12.2. The summed E-state index contributed by atoms with van der Waals surface area (Å²) in [5, 5.41) is 6.21. The Balaban J connectivity index is 1.57. The van der Waals surface area contributed by atoms with Gasteiger partial charge in [-0.2, -0.15) is 0 Å². The van der Waals surface area contributed by atoms with E-state index in [0.717, 1.165) is 29.2 Å². The minimum atomic E-state index is -0.153. The number of rotatable bonds is 6. The van der Waals surface area contributed by atoms with Crippen LogP contribution in [0.5, 0.6) is 5.75 Å². The number of aromatic nitrogens is 1. The molecule has 0 fully saturated rings. The van der Waals surface area contributed by atoms with Crippen LogP contribution in [0.25, 0.3) is 0 Å². The lowest BCUT2D eigenvalue weighted by Gasteiger charge is -2.09. The summed E-state index contributed by atoms with van der Waals surface area (Å²) in [6.45, 7) is 0.722. The zero-order valence-corrected chi connectivity index (χ0v) is 13.9. The molecule has 0 saturated carbocycles. The lowest BCUT2D eigenvalue weighted by atomic mass is 10.2. The fourth-order valence-corrected chi connectivity index (χ4v) is 2.32. The van der Waals surface area contributed by atoms with Gasteiger partial charge in [-0.1, -0.05) is 0 Å². The standard InChI is InChI=1S/C20H19N3O2/c1-25-19-8-2-16(3-9-19)20(24)23-18-6-4-17(5-7-18)22-14-15-10-12-21-13-11-15/h2-13,22H,14H2,1H3,(H,23,24). The van der Waals surface area contributed by atoms with Crippen LogP contribution >= 0.6 is 0 Å². The van der Waals surface area contributed by atoms with E-state index in [1.165, 1.54) is 0 Å². The summed E-state index contributed by atoms with van der Waals surface area (Å²) in [6.07, 6.45) is 3.55. The highest BCUT2D eigenvalue weighted by Crippen LogP contribution is 2.17. The van der Waals surface area contributed by atoms with E-state index in [0.29, 0.717) is 5.56 Å². The van der Waals surface area contributed by atoms with Gasteiger partial charge in [0.2, 0.25) is 0 Å². The molecule has 2 N–H and O–H groups in total. The summed E-state index contributed by atoms with van der Waals surface area (Å²) in [5.41, 5.74) is 3.47. The topological polar surface area (TPSA) is 63.2 Å². The van der Waals surface area contributed by atoms with Crippen molar-refractivity contribution in [3.05, 3.63) is 84.2 Å². The number of hydrogen-bond acceptors (Lipinski definition) is 4. The molecule has 0 spiro atoms. The number of carbonyl (C=O) groups excluding carboxylic acids is 1. The normalized spacial score (nSPS) is 10.1. The van der Waals surface area contributed by atoms with Crippen molar-refractivity contribution in [3.8, 4) is 5.75 Å². The molecule has 0 bridgehead atoms. The predicted molar refractivity (Wildman–Crippen MR) is 99.0 cm³/mol. The van der Waals surface area contributed by atoms with Gasteiger partial charge in [0.15, 0.2) is 0 Å². The number of benzene rings is 2. The fraction of sp³-hybridized carbons (Fsp3) is 0.100. The second-order valence-electron chi connectivity index (χ2n) is 5.47. The summed E-state index contributed by atoms with van der Waals surface area (Å²) in [4.78, 5) is 16.2. The fourth-order valence-electron chi connectivity index (χ4n) is 2.32. The van der Waals surface area contributed by atoms with E-state index in [1.54, 1.807) is 43.8 Å². The minimum Gasteiger partial charge on any atom is -0.497 e. The van der Waals surface area contributed by atoms with Crippen LogP contribution in [0.2, 0.25) is 0 Å². The number of anilines is 2. The molecule has 1 amide bonds. The zero-order valence-electron chi connectivity index (χ0n) is 13.9. The molecule has 0 atom stereocenters. The van der Waals surface area contributed by atoms with Gasteiger partial charge in [-0.25, -0.2) is 0 Å². The third-order valence-electron chi connectivity index (χ3n) is 3.74. The van der Waals surface area contributed by atoms with Crippen molar-refractivity contribution in [2.75, 3.05) is 17.7 Å². The van der Waals surface area contributed by atoms with Crippen LogP contribution in [-0.4, -0.2) is 18.0 Å². The van der Waals surface area contributed by atoms with Gasteiger partial charge in [0.05, 0.1) is 7.11 Å². The van der Waals surface area contributed by atoms with Crippen molar-refractivity contribution in [1.29, 1.82) is 0 Å². The SMILES string of the molecule is COc1ccc(C(=O)Nc2ccc(NCc3ccncc3)cc2)cc1. The van der Waals surface area contributed by atoms with Crippen LogP contribution < -0.4 is 15.4 Å². The van der Waals surface area contributed by atoms with Crippen LogP contribution in [-0.2, 0) is 6.54 Å². The van der Waals surface area contributed by atoms with Crippen LogP contribution in [0.15, 0.2) is 73.1 Å². The quantitative estimate of drug-likeness (QED) is 0.717. The predicted octanol–water partition coefficient (Wildman–Crippen LogP) is 3.95. The first kappa shape index (κ1) is 16.5. The van der Waals surface area contributed by atoms with Crippen LogP contribution in [0.1, 0.15) is 15.9 Å². The van der Waals surface area contributed by atoms with E-state index in [9.17, 15) is 4.79 Å². The van der Waals surface area contributed by atoms with E-state index in [4.69, 9.17) is 4.74 Å². The van der Waals surface area contributed by atoms with Crippen molar-refractivity contribution >= 4 is 17.3 Å². The molecule has 126 valence electrons. The van der Waals surface area contributed by atoms with Crippen molar-refractivity contribution < 1.29 is 9.53 Å². The lowest BCUT2D eigenvalue weighted by molar-refractivity contribution is 0.102. The molecule has 0 radical (unpaired) electrons. The zero-order chi connectivity index (χ0) is 17.5. The average Bonchev–Trinajstić information content (AvgIpc) is 2.68. The van der Waals surface area contributed by atoms with E-state index in [1.807, 2.05) is 36.4 Å². The Labute approximate surface area is 146 Å². The second kappa shape index (κ2) is 7.97. The Morgan fingerprint density at radius 2 is 1.56 bits per heavy atom. The molecule has 1 aromatic heterocycles. The molecule has 1 heterocycles. The maximum Gasteiger partial charge on any atom is 0.255 e. The van der Waals surface area contributed by atoms with Crippen LogP contribution in [0.4, 0.5) is 11.4 Å². The summed E-state index contributed by atoms with van der Waals surface area (Å²) >= 11 is 0. The molecule has 2 aromatic carbocycles. The first-order valence-corrected chi connectivity index (χ1v) is 7.93. The van der Waals surface area contributed by atoms with Crippen LogP contribution in [0, 0.1) is 0 Å². The maximum atomic E-state index is 12.2. The summed E-state index contributed by atoms with van der Waals surface area (Å²) < 4.78 is 5.09. The molecule has 0 aliphatic carbocycles. The van der Waals surface area contributed by atoms with Crippen molar-refractivity contribution in [2.45, 2.75) is 6.54 Å². The molecule has 0 unspecified atom stereocenters. The molecular formula is C20H19N3O2. The van der Waals surface area contributed by atoms with Gasteiger partial charge in [-0.05, 0) is 66.2 Å². The molecule has 0 aliphatic heterocycles. The number of pyridine rings is 1. The highest BCUT2D eigenvalue weighted by Gasteiger charge is 2.06. The molecule has 0 aliphatic rings. The second-order valence-corrected chi connectivity index (χ2v) is 5.47. The molecular weight excluding hydrogens is 314 g/mol. The van der Waals surface area contributed by atoms with E-state index in [-0.39, 0.29) is 5.91 Å². The Morgan fingerprint density at radius 1 is 0.920 bits per heavy atom. The number of nitrogens with zero attached hydrogens (tertiary/aromatic N) is 1. The average molecular weight is 333 g/mol. The summed E-state index contributed by atoms with van der Waals surface area (Å²) in [5.74, 6) is 0.571. The Bertz CT molecular complexity index is 816. The van der Waals surface area contributed by atoms with Crippen LogP contribution in [0.3, 0.4) is 0 Å². The third-order valence-corrected chi connectivity index (χ3v) is 3.74. The van der Waals surface area contributed by atoms with Gasteiger partial charge in [-0.15, -0.1) is 0 Å². The van der Waals surface area contributed by atoms with Gasteiger partial charge in [0.1, 0.15) is 5.75 Å². The number of amides is 1. The number of hydrogen-bond donors (Lipinski definition) is 2. The van der Waals surface area contributed by atoms with Crippen molar-refractivity contribution in [3.63, 3.8) is 0 Å². The number of nitrogens with one attached hydrogen (secondary N) is 2. The van der Waals surface area contributed by atoms with E-state index in [2.05, 4.69) is 15.6 Å². The van der Waals surface area contributed by atoms with Gasteiger partial charge < -0.3 is 15.4 Å². The lowest BCUT2D eigenvalue weighted by Crippen LogP contribution is -2.11. The highest BCUT2D eigenvalue weighted by atomic mass is 16.5. The van der Waals surface area contributed by atoms with Gasteiger partial charge in [-0.3, -0.25) is 9.78 Å². The number of carbonyl (C=O) groups is 1. The number of ether oxygens (including phenoxy) is 1. The number of methoxy groups -OCH3 is 1. The smallest absolute Gasteiger partial charge is 0.255 e. The van der Waals surface area contributed by atoms with Crippen molar-refractivity contribution in [1.82, 2.24) is 4.98 Å². The van der Waals surface area contributed by atoms with Gasteiger partial charge >= 0.3 is 0 Å². The Kier molecular flexibility index (Phi) is 5.26. The monoisotopic (exact) mass is 333 g/mol. The molecule has 25 heavy (non-hydrogen) atoms. The molecule has 3 aromatic rings. The third kappa shape index (κ3) is 4.57. The van der Waals surface area contributed by atoms with Gasteiger partial charge in [0.25, 0.3) is 5.91 Å². The first-order valence-electron chi connectivity index (χ1n) is 7.93. The summed E-state index contributed by atoms with van der Waals surface area (Å²) in [7, 11) is 1.60. The van der Waals surface area contributed by atoms with E-state index >= 15 is 0 Å². The molecule has 5 nitrogen and oxygen atoms in total. The molecule has 5 heteroatoms. The van der Waals surface area contributed by atoms with E-state index < -0.39 is 0 Å². The minimum absolute atomic E-state index is 0.153. The Morgan fingerprint density at radius 3 is 2.20 bits per heavy atom. The molecule has 0 saturated heterocycles. The van der Waals surface area contributed by atoms with Crippen molar-refractivity contribution in [2.24, 2.45) is 0 Å². The first-order chi connectivity index (χ1) is 12.2. The largest absolute Gasteiger partial charge is 0.497 e. The molecule has 3 rings (SSSR count). The Hall–Kier alpha value is -3.34. The van der Waals surface area contributed by atoms with Gasteiger partial charge in [0, 0.05) is 35.9 Å². The highest BCUT2D eigenvalue weighted by molar-refractivity contribution is 6.04.